The number of anilines is 2. The molecule has 10 nitrogen and oxygen atoms in total. The van der Waals surface area contributed by atoms with Gasteiger partial charge in [0.05, 0.1) is 29.7 Å². The first-order valence-corrected chi connectivity index (χ1v) is 13.6. The molecular weight excluding hydrogens is 526 g/mol. The zero-order chi connectivity index (χ0) is 29.1. The summed E-state index contributed by atoms with van der Waals surface area (Å²) in [5.41, 5.74) is 1.89. The number of amides is 3. The summed E-state index contributed by atoms with van der Waals surface area (Å²) in [6, 6.07) is 15.4. The Labute approximate surface area is 235 Å². The molecule has 41 heavy (non-hydrogen) atoms. The fourth-order valence-corrected chi connectivity index (χ4v) is 6.41. The van der Waals surface area contributed by atoms with E-state index in [1.165, 1.54) is 36.4 Å². The second kappa shape index (κ2) is 9.74. The standard InChI is InChI=1S/C31H29N3O7/c1-3-16-5-11-21-20(13-16)31(30(40)32-21)26-25(22(33-31)14-17-6-12-23(35)24(36)15-17)27(37)34(28(26)38)19-9-7-18(8-10-19)29(39)41-4-2/h5-13,15,22,25-26,33,35-36H,3-4,14H2,1-2H3,(H,32,40)/t22-,25-,26+,31+/m1/s1. The fraction of sp³-hybridized carbons (Fsp3) is 0.290. The summed E-state index contributed by atoms with van der Waals surface area (Å²) >= 11 is 0. The first kappa shape index (κ1) is 26.5. The van der Waals surface area contributed by atoms with E-state index in [2.05, 4.69) is 10.6 Å². The number of nitrogens with zero attached hydrogens (tertiary/aromatic N) is 1. The SMILES string of the molecule is CCOC(=O)c1ccc(N2C(=O)[C@H]3[C@@H](C2=O)[C@]2(N[C@@H]3Cc3ccc(O)c(O)c3)C(=O)Nc3ccc(CC)cc32)cc1. The van der Waals surface area contributed by atoms with Gasteiger partial charge in [0.1, 0.15) is 5.54 Å². The lowest BCUT2D eigenvalue weighted by atomic mass is 9.76. The lowest BCUT2D eigenvalue weighted by Gasteiger charge is -2.30. The number of carbonyl (C=O) groups excluding carboxylic acids is 4. The lowest BCUT2D eigenvalue weighted by molar-refractivity contribution is -0.130. The van der Waals surface area contributed by atoms with Crippen LogP contribution in [0.15, 0.2) is 60.7 Å². The number of esters is 1. The Balaban J connectivity index is 1.44. The quantitative estimate of drug-likeness (QED) is 0.206. The Bertz CT molecular complexity index is 1600. The monoisotopic (exact) mass is 555 g/mol. The first-order valence-electron chi connectivity index (χ1n) is 13.6. The highest BCUT2D eigenvalue weighted by molar-refractivity contribution is 6.25. The normalized spacial score (nSPS) is 24.5. The number of ether oxygens (including phenoxy) is 1. The van der Waals surface area contributed by atoms with Crippen LogP contribution in [-0.4, -0.2) is 46.6 Å². The zero-order valence-electron chi connectivity index (χ0n) is 22.5. The molecule has 4 N–H and O–H groups in total. The molecule has 3 amide bonds. The van der Waals surface area contributed by atoms with Crippen molar-refractivity contribution in [1.29, 1.82) is 0 Å². The number of aryl methyl sites for hydroxylation is 1. The topological polar surface area (TPSA) is 145 Å². The number of imide groups is 1. The lowest BCUT2D eigenvalue weighted by Crippen LogP contribution is -2.53. The number of nitrogens with one attached hydrogen (secondary N) is 2. The number of aromatic hydroxyl groups is 2. The second-order valence-corrected chi connectivity index (χ2v) is 10.6. The molecule has 3 aliphatic rings. The third-order valence-corrected chi connectivity index (χ3v) is 8.32. The number of benzene rings is 3. The van der Waals surface area contributed by atoms with Gasteiger partial charge in [0.2, 0.25) is 17.7 Å². The molecule has 6 rings (SSSR count). The maximum absolute atomic E-state index is 14.2. The van der Waals surface area contributed by atoms with Gasteiger partial charge in [-0.1, -0.05) is 25.1 Å². The predicted molar refractivity (Wildman–Crippen MR) is 148 cm³/mol. The third-order valence-electron chi connectivity index (χ3n) is 8.32. The summed E-state index contributed by atoms with van der Waals surface area (Å²) < 4.78 is 5.04. The summed E-state index contributed by atoms with van der Waals surface area (Å²) in [5.74, 6) is -4.42. The number of hydrogen-bond donors (Lipinski definition) is 4. The zero-order valence-corrected chi connectivity index (χ0v) is 22.5. The average molecular weight is 556 g/mol. The highest BCUT2D eigenvalue weighted by Crippen LogP contribution is 2.54. The van der Waals surface area contributed by atoms with Crippen molar-refractivity contribution in [3.63, 3.8) is 0 Å². The molecule has 2 fully saturated rings. The summed E-state index contributed by atoms with van der Waals surface area (Å²) in [4.78, 5) is 55.3. The Morgan fingerprint density at radius 2 is 1.66 bits per heavy atom. The van der Waals surface area contributed by atoms with Crippen molar-refractivity contribution < 1.29 is 34.1 Å². The Morgan fingerprint density at radius 3 is 2.34 bits per heavy atom. The highest BCUT2D eigenvalue weighted by Gasteiger charge is 2.70. The molecule has 3 aromatic carbocycles. The van der Waals surface area contributed by atoms with Gasteiger partial charge >= 0.3 is 5.97 Å². The van der Waals surface area contributed by atoms with E-state index < -0.39 is 47.1 Å². The van der Waals surface area contributed by atoms with Gasteiger partial charge in [-0.15, -0.1) is 0 Å². The third kappa shape index (κ3) is 3.97. The van der Waals surface area contributed by atoms with E-state index in [0.29, 0.717) is 28.9 Å². The van der Waals surface area contributed by atoms with Crippen molar-refractivity contribution in [1.82, 2.24) is 5.32 Å². The van der Waals surface area contributed by atoms with E-state index in [0.717, 1.165) is 10.5 Å². The molecule has 0 unspecified atom stereocenters. The van der Waals surface area contributed by atoms with Crippen LogP contribution in [0.3, 0.4) is 0 Å². The minimum atomic E-state index is -1.48. The van der Waals surface area contributed by atoms with Crippen molar-refractivity contribution in [3.05, 3.63) is 82.9 Å². The van der Waals surface area contributed by atoms with Gasteiger partial charge in [-0.3, -0.25) is 19.7 Å². The maximum atomic E-state index is 14.2. The Morgan fingerprint density at radius 1 is 0.927 bits per heavy atom. The first-order chi connectivity index (χ1) is 19.7. The molecule has 0 radical (unpaired) electrons. The molecule has 1 spiro atoms. The molecule has 0 aliphatic carbocycles. The number of hydrogen-bond acceptors (Lipinski definition) is 8. The molecule has 0 saturated carbocycles. The second-order valence-electron chi connectivity index (χ2n) is 10.6. The van der Waals surface area contributed by atoms with Crippen LogP contribution in [0, 0.1) is 11.8 Å². The number of rotatable bonds is 6. The van der Waals surface area contributed by atoms with Gasteiger partial charge in [-0.05, 0) is 73.4 Å². The van der Waals surface area contributed by atoms with Gasteiger partial charge in [0.15, 0.2) is 11.5 Å². The molecule has 0 aromatic heterocycles. The van der Waals surface area contributed by atoms with Crippen LogP contribution >= 0.6 is 0 Å². The van der Waals surface area contributed by atoms with Crippen molar-refractivity contribution in [3.8, 4) is 11.5 Å². The Hall–Kier alpha value is -4.70. The fourth-order valence-electron chi connectivity index (χ4n) is 6.41. The largest absolute Gasteiger partial charge is 0.504 e. The molecule has 210 valence electrons. The number of carbonyl (C=O) groups is 4. The smallest absolute Gasteiger partial charge is 0.338 e. The maximum Gasteiger partial charge on any atom is 0.338 e. The van der Waals surface area contributed by atoms with Crippen LogP contribution in [0.5, 0.6) is 11.5 Å². The van der Waals surface area contributed by atoms with E-state index in [1.807, 2.05) is 25.1 Å². The molecule has 10 heteroatoms. The van der Waals surface area contributed by atoms with Gasteiger partial charge in [0.25, 0.3) is 0 Å². The van der Waals surface area contributed by atoms with Crippen LogP contribution in [0.4, 0.5) is 11.4 Å². The van der Waals surface area contributed by atoms with Gasteiger partial charge < -0.3 is 20.3 Å². The van der Waals surface area contributed by atoms with Crippen molar-refractivity contribution in [2.45, 2.75) is 38.3 Å². The van der Waals surface area contributed by atoms with E-state index in [1.54, 1.807) is 13.0 Å². The number of phenolic OH excluding ortho intramolecular Hbond substituents is 2. The minimum absolute atomic E-state index is 0.210. The number of phenols is 2. The average Bonchev–Trinajstić information content (AvgIpc) is 3.54. The minimum Gasteiger partial charge on any atom is -0.504 e. The van der Waals surface area contributed by atoms with Gasteiger partial charge in [0, 0.05) is 17.3 Å². The summed E-state index contributed by atoms with van der Waals surface area (Å²) in [5, 5.41) is 26.2. The molecule has 2 saturated heterocycles. The van der Waals surface area contributed by atoms with Gasteiger partial charge in [-0.2, -0.15) is 0 Å². The van der Waals surface area contributed by atoms with Crippen LogP contribution in [0.2, 0.25) is 0 Å². The summed E-state index contributed by atoms with van der Waals surface area (Å²) in [7, 11) is 0. The van der Waals surface area contributed by atoms with Crippen LogP contribution in [-0.2, 0) is 37.5 Å². The van der Waals surface area contributed by atoms with Crippen molar-refractivity contribution >= 4 is 35.1 Å². The summed E-state index contributed by atoms with van der Waals surface area (Å²) in [6.45, 7) is 3.91. The van der Waals surface area contributed by atoms with Crippen molar-refractivity contribution in [2.24, 2.45) is 11.8 Å². The summed E-state index contributed by atoms with van der Waals surface area (Å²) in [6.07, 6.45) is 0.926. The molecule has 3 aliphatic heterocycles. The number of fused-ring (bicyclic) bond motifs is 4. The van der Waals surface area contributed by atoms with Crippen molar-refractivity contribution in [2.75, 3.05) is 16.8 Å². The van der Waals surface area contributed by atoms with E-state index in [4.69, 9.17) is 4.74 Å². The molecule has 3 heterocycles. The Kier molecular flexibility index (Phi) is 6.30. The van der Waals surface area contributed by atoms with Crippen LogP contribution < -0.4 is 15.5 Å². The van der Waals surface area contributed by atoms with Crippen LogP contribution in [0.25, 0.3) is 0 Å². The highest BCUT2D eigenvalue weighted by atomic mass is 16.5. The molecule has 4 atom stereocenters. The van der Waals surface area contributed by atoms with Crippen LogP contribution in [0.1, 0.15) is 40.9 Å². The van der Waals surface area contributed by atoms with E-state index in [-0.39, 0.29) is 30.1 Å². The predicted octanol–water partition coefficient (Wildman–Crippen LogP) is 3.00. The molecular formula is C31H29N3O7. The van der Waals surface area contributed by atoms with E-state index >= 15 is 0 Å². The van der Waals surface area contributed by atoms with E-state index in [9.17, 15) is 29.4 Å². The molecule has 0 bridgehead atoms. The molecule has 3 aromatic rings. The van der Waals surface area contributed by atoms with Gasteiger partial charge in [-0.25, -0.2) is 9.69 Å².